The van der Waals surface area contributed by atoms with Gasteiger partial charge in [0.2, 0.25) is 6.29 Å². The molecule has 2 aliphatic rings. The summed E-state index contributed by atoms with van der Waals surface area (Å²) >= 11 is 0. The van der Waals surface area contributed by atoms with Gasteiger partial charge < -0.3 is 18.9 Å². The second-order valence-corrected chi connectivity index (χ2v) is 4.95. The largest absolute Gasteiger partial charge is 0.509 e. The van der Waals surface area contributed by atoms with Crippen LogP contribution in [0.5, 0.6) is 0 Å². The topological polar surface area (TPSA) is 71.1 Å². The first-order valence-corrected chi connectivity index (χ1v) is 6.78. The van der Waals surface area contributed by atoms with Gasteiger partial charge in [-0.25, -0.2) is 4.79 Å². The van der Waals surface area contributed by atoms with E-state index in [0.29, 0.717) is 6.42 Å². The van der Waals surface area contributed by atoms with Crippen molar-refractivity contribution in [2.75, 3.05) is 0 Å². The summed E-state index contributed by atoms with van der Waals surface area (Å²) in [7, 11) is 0. The molecule has 6 nitrogen and oxygen atoms in total. The number of hydrogen-bond acceptors (Lipinski definition) is 6. The summed E-state index contributed by atoms with van der Waals surface area (Å²) in [6.07, 6.45) is -0.691. The Balaban J connectivity index is 1.92. The highest BCUT2D eigenvalue weighted by Gasteiger charge is 2.47. The Hall–Kier alpha value is -1.30. The maximum Gasteiger partial charge on any atom is 0.509 e. The van der Waals surface area contributed by atoms with Gasteiger partial charge in [0.15, 0.2) is 12.2 Å². The molecule has 4 atom stereocenters. The predicted molar refractivity (Wildman–Crippen MR) is 64.3 cm³/mol. The fourth-order valence-electron chi connectivity index (χ4n) is 2.47. The normalized spacial score (nSPS) is 33.6. The van der Waals surface area contributed by atoms with Crippen LogP contribution in [0, 0.1) is 5.92 Å². The molecule has 6 heteroatoms. The predicted octanol–water partition coefficient (Wildman–Crippen LogP) is 2.00. The number of fused-ring (bicyclic) bond motifs is 1. The van der Waals surface area contributed by atoms with Gasteiger partial charge in [-0.3, -0.25) is 4.79 Å². The molecule has 0 aromatic carbocycles. The van der Waals surface area contributed by atoms with Crippen molar-refractivity contribution in [3.8, 4) is 0 Å². The van der Waals surface area contributed by atoms with Crippen LogP contribution in [0.2, 0.25) is 0 Å². The molecule has 0 saturated carbocycles. The average molecular weight is 272 g/mol. The summed E-state index contributed by atoms with van der Waals surface area (Å²) < 4.78 is 20.9. The van der Waals surface area contributed by atoms with E-state index in [1.54, 1.807) is 6.92 Å². The molecule has 2 fully saturated rings. The monoisotopic (exact) mass is 272 g/mol. The maximum atomic E-state index is 11.9. The van der Waals surface area contributed by atoms with Crippen LogP contribution in [-0.2, 0) is 23.7 Å². The first kappa shape index (κ1) is 14.1. The number of carbonyl (C=O) groups excluding carboxylic acids is 2. The minimum Gasteiger partial charge on any atom is -0.435 e. The molecule has 19 heavy (non-hydrogen) atoms. The zero-order valence-electron chi connectivity index (χ0n) is 11.5. The molecule has 0 aliphatic carbocycles. The first-order valence-electron chi connectivity index (χ1n) is 6.78. The minimum atomic E-state index is -0.683. The summed E-state index contributed by atoms with van der Waals surface area (Å²) in [5.74, 6) is -0.370. The molecule has 0 aromatic rings. The second-order valence-electron chi connectivity index (χ2n) is 4.95. The van der Waals surface area contributed by atoms with Crippen LogP contribution >= 0.6 is 0 Å². The van der Waals surface area contributed by atoms with Gasteiger partial charge in [0.05, 0.1) is 18.4 Å². The SMILES string of the molecule is CCC(CC)C(=O)OC1CC2OC(=O)OC2C(C)O1. The summed E-state index contributed by atoms with van der Waals surface area (Å²) in [6.45, 7) is 5.67. The molecule has 2 saturated heterocycles. The highest BCUT2D eigenvalue weighted by Crippen LogP contribution is 2.31. The quantitative estimate of drug-likeness (QED) is 0.729. The Morgan fingerprint density at radius 3 is 2.68 bits per heavy atom. The zero-order valence-corrected chi connectivity index (χ0v) is 11.5. The van der Waals surface area contributed by atoms with Crippen molar-refractivity contribution in [1.29, 1.82) is 0 Å². The lowest BCUT2D eigenvalue weighted by atomic mass is 10.0. The third kappa shape index (κ3) is 3.00. The van der Waals surface area contributed by atoms with Crippen molar-refractivity contribution in [3.05, 3.63) is 0 Å². The molecule has 0 radical (unpaired) electrons. The van der Waals surface area contributed by atoms with E-state index in [-0.39, 0.29) is 18.0 Å². The van der Waals surface area contributed by atoms with Crippen LogP contribution in [-0.4, -0.2) is 36.7 Å². The van der Waals surface area contributed by atoms with Crippen molar-refractivity contribution < 1.29 is 28.5 Å². The van der Waals surface area contributed by atoms with Gasteiger partial charge in [0, 0.05) is 0 Å². The van der Waals surface area contributed by atoms with Crippen molar-refractivity contribution >= 4 is 12.1 Å². The third-order valence-electron chi connectivity index (χ3n) is 3.67. The second kappa shape index (κ2) is 5.77. The average Bonchev–Trinajstić information content (AvgIpc) is 2.72. The molecule has 0 bridgehead atoms. The molecule has 0 N–H and O–H groups in total. The molecule has 2 rings (SSSR count). The van der Waals surface area contributed by atoms with E-state index in [1.807, 2.05) is 13.8 Å². The highest BCUT2D eigenvalue weighted by atomic mass is 16.8. The summed E-state index contributed by atoms with van der Waals surface area (Å²) in [6, 6.07) is 0. The Morgan fingerprint density at radius 1 is 1.37 bits per heavy atom. The molecule has 0 amide bonds. The Labute approximate surface area is 112 Å². The van der Waals surface area contributed by atoms with Gasteiger partial charge in [0.1, 0.15) is 0 Å². The number of esters is 1. The van der Waals surface area contributed by atoms with Crippen LogP contribution in [0.1, 0.15) is 40.0 Å². The molecule has 4 unspecified atom stereocenters. The van der Waals surface area contributed by atoms with E-state index in [9.17, 15) is 9.59 Å². The molecule has 2 heterocycles. The molecular weight excluding hydrogens is 252 g/mol. The summed E-state index contributed by atoms with van der Waals surface area (Å²) in [5.41, 5.74) is 0. The van der Waals surface area contributed by atoms with Gasteiger partial charge in [0.25, 0.3) is 0 Å². The van der Waals surface area contributed by atoms with Crippen LogP contribution in [0.25, 0.3) is 0 Å². The van der Waals surface area contributed by atoms with E-state index in [2.05, 4.69) is 0 Å². The third-order valence-corrected chi connectivity index (χ3v) is 3.67. The van der Waals surface area contributed by atoms with Gasteiger partial charge in [-0.1, -0.05) is 13.8 Å². The van der Waals surface area contributed by atoms with E-state index < -0.39 is 24.7 Å². The number of hydrogen-bond donors (Lipinski definition) is 0. The minimum absolute atomic E-state index is 0.112. The fraction of sp³-hybridized carbons (Fsp3) is 0.846. The van der Waals surface area contributed by atoms with Crippen LogP contribution in [0.4, 0.5) is 4.79 Å². The molecule has 108 valence electrons. The fourth-order valence-corrected chi connectivity index (χ4v) is 2.47. The Bertz CT molecular complexity index is 351. The Morgan fingerprint density at radius 2 is 2.05 bits per heavy atom. The van der Waals surface area contributed by atoms with Crippen molar-refractivity contribution in [2.24, 2.45) is 5.92 Å². The van der Waals surface area contributed by atoms with Gasteiger partial charge in [-0.15, -0.1) is 0 Å². The van der Waals surface area contributed by atoms with Crippen LogP contribution in [0.3, 0.4) is 0 Å². The molecule has 0 spiro atoms. The van der Waals surface area contributed by atoms with Gasteiger partial charge in [-0.2, -0.15) is 0 Å². The summed E-state index contributed by atoms with van der Waals surface area (Å²) in [5, 5.41) is 0. The van der Waals surface area contributed by atoms with E-state index in [1.165, 1.54) is 0 Å². The molecule has 0 aromatic heterocycles. The van der Waals surface area contributed by atoms with Crippen molar-refractivity contribution in [3.63, 3.8) is 0 Å². The lowest BCUT2D eigenvalue weighted by molar-refractivity contribution is -0.226. The van der Waals surface area contributed by atoms with Crippen molar-refractivity contribution in [1.82, 2.24) is 0 Å². The lowest BCUT2D eigenvalue weighted by Gasteiger charge is -2.33. The van der Waals surface area contributed by atoms with E-state index in [4.69, 9.17) is 18.9 Å². The van der Waals surface area contributed by atoms with Crippen molar-refractivity contribution in [2.45, 2.75) is 64.6 Å². The summed E-state index contributed by atoms with van der Waals surface area (Å²) in [4.78, 5) is 23.0. The number of ether oxygens (including phenoxy) is 4. The lowest BCUT2D eigenvalue weighted by Crippen LogP contribution is -2.46. The number of carbonyl (C=O) groups is 2. The van der Waals surface area contributed by atoms with Gasteiger partial charge in [-0.05, 0) is 19.8 Å². The van der Waals surface area contributed by atoms with Gasteiger partial charge >= 0.3 is 12.1 Å². The van der Waals surface area contributed by atoms with E-state index in [0.717, 1.165) is 12.8 Å². The highest BCUT2D eigenvalue weighted by molar-refractivity contribution is 5.72. The number of rotatable bonds is 4. The maximum absolute atomic E-state index is 11.9. The van der Waals surface area contributed by atoms with Crippen LogP contribution < -0.4 is 0 Å². The van der Waals surface area contributed by atoms with Crippen LogP contribution in [0.15, 0.2) is 0 Å². The molecule has 2 aliphatic heterocycles. The van der Waals surface area contributed by atoms with E-state index >= 15 is 0 Å². The first-order chi connectivity index (χ1) is 9.05. The zero-order chi connectivity index (χ0) is 14.0. The molecular formula is C13H20O6. The Kier molecular flexibility index (Phi) is 4.29. The smallest absolute Gasteiger partial charge is 0.435 e. The standard InChI is InChI=1S/C13H20O6/c1-4-8(5-2)12(14)18-10-6-9-11(7(3)16-10)19-13(15)17-9/h7-11H,4-6H2,1-3H3.